The molecule has 1 rings (SSSR count). The fourth-order valence-corrected chi connectivity index (χ4v) is 1.04. The molecule has 0 atom stereocenters. The highest BCUT2D eigenvalue weighted by atomic mass is 14.0. The molecule has 1 aromatic rings. The lowest BCUT2D eigenvalue weighted by Crippen LogP contribution is -1.85. The maximum absolute atomic E-state index is 7.71. The van der Waals surface area contributed by atoms with Crippen molar-refractivity contribution in [3.8, 4) is 12.3 Å². The Hall–Kier alpha value is -1.22. The van der Waals surface area contributed by atoms with Gasteiger partial charge in [0.1, 0.15) is 0 Å². The number of aryl methyl sites for hydroxylation is 1. The van der Waals surface area contributed by atoms with Gasteiger partial charge in [0, 0.05) is 15.2 Å². The van der Waals surface area contributed by atoms with E-state index in [1.165, 1.54) is 0 Å². The third-order valence-electron chi connectivity index (χ3n) is 1.75. The highest BCUT2D eigenvalue weighted by molar-refractivity contribution is 5.34. The van der Waals surface area contributed by atoms with Crippen molar-refractivity contribution in [3.05, 3.63) is 35.4 Å². The van der Waals surface area contributed by atoms with Gasteiger partial charge in [0.15, 0.2) is 0 Å². The van der Waals surface area contributed by atoms with Gasteiger partial charge >= 0.3 is 0 Å². The second-order valence-electron chi connectivity index (χ2n) is 2.64. The maximum atomic E-state index is 7.71. The lowest BCUT2D eigenvalue weighted by atomic mass is 10.1. The van der Waals surface area contributed by atoms with E-state index in [1.54, 1.807) is 24.3 Å². The van der Waals surface area contributed by atoms with Crippen molar-refractivity contribution in [2.45, 2.75) is 32.4 Å². The molecule has 0 aromatic heterocycles. The third-order valence-corrected chi connectivity index (χ3v) is 1.75. The summed E-state index contributed by atoms with van der Waals surface area (Å²) in [4.78, 5) is 0. The van der Waals surface area contributed by atoms with Crippen molar-refractivity contribution < 1.29 is 9.60 Å². The summed E-state index contributed by atoms with van der Waals surface area (Å²) in [5.74, 6) is 2.46. The Bertz CT molecular complexity index is 491. The van der Waals surface area contributed by atoms with E-state index in [-0.39, 0.29) is 12.8 Å². The first-order valence-corrected chi connectivity index (χ1v) is 4.07. The molecule has 0 radical (unpaired) electrons. The average molecular weight is 179 g/mol. The first-order valence-electron chi connectivity index (χ1n) is 7.57. The zero-order valence-electron chi connectivity index (χ0n) is 14.3. The van der Waals surface area contributed by atoms with Crippen molar-refractivity contribution in [2.75, 3.05) is 0 Å². The van der Waals surface area contributed by atoms with Crippen LogP contribution in [0.15, 0.2) is 24.3 Å². The third kappa shape index (κ3) is 3.34. The maximum Gasteiger partial charge on any atom is 0.0267 e. The second kappa shape index (κ2) is 5.43. The second-order valence-corrected chi connectivity index (χ2v) is 2.64. The van der Waals surface area contributed by atoms with Gasteiger partial charge in [0.25, 0.3) is 0 Å². The summed E-state index contributed by atoms with van der Waals surface area (Å²) in [6, 6.07) is 6.89. The van der Waals surface area contributed by atoms with Gasteiger partial charge in [-0.2, -0.15) is 0 Å². The molecule has 0 aliphatic rings. The summed E-state index contributed by atoms with van der Waals surface area (Å²) >= 11 is 0. The summed E-state index contributed by atoms with van der Waals surface area (Å²) < 4.78 is 51.8. The molecule has 0 fully saturated rings. The van der Waals surface area contributed by atoms with Gasteiger partial charge in [-0.05, 0) is 30.5 Å². The summed E-state index contributed by atoms with van der Waals surface area (Å²) in [7, 11) is 0. The monoisotopic (exact) mass is 179 g/mol. The Balaban J connectivity index is 2.79. The molecule has 0 spiro atoms. The van der Waals surface area contributed by atoms with Gasteiger partial charge < -0.3 is 0 Å². The largest absolute Gasteiger partial charge is 0.115 e. The van der Waals surface area contributed by atoms with Crippen LogP contribution < -0.4 is 0 Å². The Morgan fingerprint density at radius 3 is 2.85 bits per heavy atom. The average Bonchev–Trinajstić information content (AvgIpc) is 2.35. The van der Waals surface area contributed by atoms with Crippen LogP contribution >= 0.6 is 0 Å². The number of hydrogen-bond donors (Lipinski definition) is 0. The molecule has 0 heterocycles. The van der Waals surface area contributed by atoms with Crippen molar-refractivity contribution in [1.29, 1.82) is 0 Å². The zero-order chi connectivity index (χ0) is 15.6. The Morgan fingerprint density at radius 1 is 1.46 bits per heavy atom. The van der Waals surface area contributed by atoms with Crippen LogP contribution in [0.25, 0.3) is 0 Å². The van der Waals surface area contributed by atoms with Crippen LogP contribution in [-0.2, 0) is 6.42 Å². The van der Waals surface area contributed by atoms with Crippen LogP contribution in [0.1, 0.15) is 46.7 Å². The lowest BCUT2D eigenvalue weighted by molar-refractivity contribution is 0.717. The number of benzene rings is 1. The first kappa shape index (κ1) is 3.88. The van der Waals surface area contributed by atoms with E-state index in [0.717, 1.165) is 5.56 Å². The molecule has 0 bridgehead atoms. The molecular weight excluding hydrogens is 156 g/mol. The molecule has 0 nitrogen and oxygen atoms in total. The molecule has 1 aromatic carbocycles. The SMILES string of the molecule is [2H]C([2H])([2H])C([2H])([2H])C([2H])([2H])CCc1ccc(C#C)cc1. The van der Waals surface area contributed by atoms with Gasteiger partial charge in [-0.1, -0.05) is 37.7 Å². The van der Waals surface area contributed by atoms with Crippen LogP contribution in [0.5, 0.6) is 0 Å². The summed E-state index contributed by atoms with van der Waals surface area (Å²) in [5, 5.41) is 0. The first-order chi connectivity index (χ1) is 9.01. The predicted octanol–water partition coefficient (Wildman–Crippen LogP) is 3.40. The van der Waals surface area contributed by atoms with E-state index in [2.05, 4.69) is 5.92 Å². The van der Waals surface area contributed by atoms with Crippen LogP contribution in [-0.4, -0.2) is 0 Å². The van der Waals surface area contributed by atoms with Crippen molar-refractivity contribution in [3.63, 3.8) is 0 Å². The summed E-state index contributed by atoms with van der Waals surface area (Å²) in [5.41, 5.74) is 1.49. The molecule has 0 aliphatic carbocycles. The molecule has 0 amide bonds. The molecule has 0 unspecified atom stereocenters. The van der Waals surface area contributed by atoms with Crippen molar-refractivity contribution >= 4 is 0 Å². The smallest absolute Gasteiger partial charge is 0.0267 e. The van der Waals surface area contributed by atoms with Crippen LogP contribution in [0.2, 0.25) is 0 Å². The van der Waals surface area contributed by atoms with Crippen LogP contribution in [0.3, 0.4) is 0 Å². The van der Waals surface area contributed by atoms with E-state index in [0.29, 0.717) is 5.56 Å². The summed E-state index contributed by atoms with van der Waals surface area (Å²) in [6.45, 7) is -3.00. The fourth-order valence-electron chi connectivity index (χ4n) is 1.04. The van der Waals surface area contributed by atoms with E-state index in [1.807, 2.05) is 0 Å². The van der Waals surface area contributed by atoms with Gasteiger partial charge in [0.2, 0.25) is 0 Å². The van der Waals surface area contributed by atoms with E-state index in [9.17, 15) is 0 Å². The predicted molar refractivity (Wildman–Crippen MR) is 57.6 cm³/mol. The highest BCUT2D eigenvalue weighted by Crippen LogP contribution is 2.07. The Labute approximate surface area is 90.8 Å². The van der Waals surface area contributed by atoms with E-state index in [4.69, 9.17) is 16.0 Å². The molecule has 13 heavy (non-hydrogen) atoms. The molecule has 0 saturated heterocycles. The van der Waals surface area contributed by atoms with E-state index < -0.39 is 19.6 Å². The molecule has 0 saturated carbocycles. The Kier molecular flexibility index (Phi) is 1.62. The number of hydrogen-bond acceptors (Lipinski definition) is 0. The molecule has 0 aliphatic heterocycles. The van der Waals surface area contributed by atoms with Crippen molar-refractivity contribution in [1.82, 2.24) is 0 Å². The van der Waals surface area contributed by atoms with Gasteiger partial charge in [-0.15, -0.1) is 6.42 Å². The lowest BCUT2D eigenvalue weighted by Gasteiger charge is -2.00. The minimum atomic E-state index is -3.00. The quantitative estimate of drug-likeness (QED) is 0.621. The number of terminal acetylenes is 1. The minimum Gasteiger partial charge on any atom is -0.115 e. The van der Waals surface area contributed by atoms with E-state index >= 15 is 0 Å². The fraction of sp³-hybridized carbons (Fsp3) is 0.385. The molecular formula is C13H16. The van der Waals surface area contributed by atoms with Gasteiger partial charge in [-0.25, -0.2) is 0 Å². The molecule has 68 valence electrons. The molecule has 0 N–H and O–H groups in total. The van der Waals surface area contributed by atoms with Crippen LogP contribution in [0.4, 0.5) is 0 Å². The summed E-state index contributed by atoms with van der Waals surface area (Å²) in [6.07, 6.45) is -0.0766. The van der Waals surface area contributed by atoms with Gasteiger partial charge in [0.05, 0.1) is 0 Å². The van der Waals surface area contributed by atoms with Crippen LogP contribution in [0, 0.1) is 12.3 Å². The molecule has 0 heteroatoms. The highest BCUT2D eigenvalue weighted by Gasteiger charge is 1.92. The van der Waals surface area contributed by atoms with Crippen molar-refractivity contribution in [2.24, 2.45) is 0 Å². The van der Waals surface area contributed by atoms with Gasteiger partial charge in [-0.3, -0.25) is 0 Å². The normalized spacial score (nSPS) is 20.7. The Morgan fingerprint density at radius 2 is 2.23 bits per heavy atom. The topological polar surface area (TPSA) is 0 Å². The minimum absolute atomic E-state index is 0.214. The standard InChI is InChI=1S/C13H16/c1-3-5-6-7-13-10-8-12(4-2)9-11-13/h2,8-11H,3,5-7H2,1H3/i1D3,3D2,5D2. The zero-order valence-corrected chi connectivity index (χ0v) is 7.30. The number of rotatable bonds is 4.